The molecule has 0 aromatic heterocycles. The van der Waals surface area contributed by atoms with Gasteiger partial charge in [0.15, 0.2) is 0 Å². The molecule has 0 heteroatoms. The fraction of sp³-hybridized carbons (Fsp3) is 1.00. The monoisotopic (exact) mass is 128 g/mol. The van der Waals surface area contributed by atoms with E-state index in [1.54, 1.807) is 0 Å². The Kier molecular flexibility index (Phi) is 3.92. The highest BCUT2D eigenvalue weighted by molar-refractivity contribution is 4.67. The first-order valence-electron chi connectivity index (χ1n) is 3.80. The molecule has 1 aliphatic carbocycles. The van der Waals surface area contributed by atoms with Crippen LogP contribution in [-0.2, 0) is 0 Å². The molecule has 0 nitrogen and oxygen atoms in total. The number of rotatable bonds is 0. The molecule has 2 unspecified atom stereocenters. The third-order valence-corrected chi connectivity index (χ3v) is 2.54. The lowest BCUT2D eigenvalue weighted by Gasteiger charge is -2.24. The molecule has 0 spiro atoms. The quantitative estimate of drug-likeness (QED) is 0.468. The molecule has 0 amide bonds. The first-order valence-corrected chi connectivity index (χ1v) is 3.80. The van der Waals surface area contributed by atoms with Gasteiger partial charge in [-0.3, -0.25) is 0 Å². The average molecular weight is 128 g/mol. The van der Waals surface area contributed by atoms with E-state index < -0.39 is 0 Å². The molecule has 0 aromatic carbocycles. The zero-order valence-corrected chi connectivity index (χ0v) is 5.98. The van der Waals surface area contributed by atoms with Crippen LogP contribution in [0.15, 0.2) is 0 Å². The van der Waals surface area contributed by atoms with Crippen molar-refractivity contribution in [3.8, 4) is 0 Å². The lowest BCUT2D eigenvalue weighted by atomic mass is 9.82. The van der Waals surface area contributed by atoms with Crippen molar-refractivity contribution in [3.05, 3.63) is 0 Å². The standard InChI is InChI=1S/C8H16.CH4/c1-7-5-3-4-6-8(7)2;/h7-8H,3-6H2,1-2H3;1H4. The van der Waals surface area contributed by atoms with Gasteiger partial charge in [0.1, 0.15) is 0 Å². The van der Waals surface area contributed by atoms with Gasteiger partial charge in [-0.05, 0) is 11.8 Å². The van der Waals surface area contributed by atoms with Gasteiger partial charge in [-0.2, -0.15) is 0 Å². The summed E-state index contributed by atoms with van der Waals surface area (Å²) in [4.78, 5) is 0. The van der Waals surface area contributed by atoms with E-state index in [4.69, 9.17) is 0 Å². The second-order valence-electron chi connectivity index (χ2n) is 3.24. The molecule has 0 saturated heterocycles. The summed E-state index contributed by atoms with van der Waals surface area (Å²) in [6.07, 6.45) is 5.90. The zero-order chi connectivity index (χ0) is 5.98. The van der Waals surface area contributed by atoms with Gasteiger partial charge in [0, 0.05) is 0 Å². The minimum atomic E-state index is 0. The molecule has 0 aromatic rings. The van der Waals surface area contributed by atoms with Gasteiger partial charge in [0.2, 0.25) is 0 Å². The number of hydrogen-bond donors (Lipinski definition) is 0. The van der Waals surface area contributed by atoms with Crippen LogP contribution < -0.4 is 0 Å². The van der Waals surface area contributed by atoms with Crippen molar-refractivity contribution in [3.63, 3.8) is 0 Å². The van der Waals surface area contributed by atoms with Crippen molar-refractivity contribution in [2.45, 2.75) is 47.0 Å². The molecule has 0 bridgehead atoms. The minimum Gasteiger partial charge on any atom is -0.0776 e. The first-order chi connectivity index (χ1) is 3.80. The Balaban J connectivity index is 0.000000640. The van der Waals surface area contributed by atoms with Gasteiger partial charge in [-0.25, -0.2) is 0 Å². The topological polar surface area (TPSA) is 0 Å². The SMILES string of the molecule is C.CC1CCCCC1C. The van der Waals surface area contributed by atoms with E-state index in [0.29, 0.717) is 0 Å². The maximum atomic E-state index is 2.38. The molecule has 0 heterocycles. The predicted molar refractivity (Wildman–Crippen MR) is 43.5 cm³/mol. The third-order valence-electron chi connectivity index (χ3n) is 2.54. The lowest BCUT2D eigenvalue weighted by Crippen LogP contribution is -2.12. The molecule has 0 aliphatic heterocycles. The molecular formula is C9H20. The van der Waals surface area contributed by atoms with Gasteiger partial charge in [-0.1, -0.05) is 47.0 Å². The fourth-order valence-electron chi connectivity index (χ4n) is 1.50. The summed E-state index contributed by atoms with van der Waals surface area (Å²) in [6.45, 7) is 4.76. The van der Waals surface area contributed by atoms with E-state index in [0.717, 1.165) is 11.8 Å². The molecular weight excluding hydrogens is 108 g/mol. The largest absolute Gasteiger partial charge is 0.0776 e. The van der Waals surface area contributed by atoms with Crippen LogP contribution in [0.1, 0.15) is 47.0 Å². The van der Waals surface area contributed by atoms with Gasteiger partial charge < -0.3 is 0 Å². The highest BCUT2D eigenvalue weighted by Gasteiger charge is 2.15. The molecule has 1 rings (SSSR count). The summed E-state index contributed by atoms with van der Waals surface area (Å²) in [5, 5.41) is 0. The van der Waals surface area contributed by atoms with Crippen LogP contribution in [0.4, 0.5) is 0 Å². The Morgan fingerprint density at radius 2 is 1.22 bits per heavy atom. The van der Waals surface area contributed by atoms with E-state index in [-0.39, 0.29) is 7.43 Å². The van der Waals surface area contributed by atoms with E-state index in [1.165, 1.54) is 25.7 Å². The van der Waals surface area contributed by atoms with Crippen molar-refractivity contribution in [2.75, 3.05) is 0 Å². The van der Waals surface area contributed by atoms with Crippen LogP contribution >= 0.6 is 0 Å². The Bertz CT molecular complexity index is 56.4. The summed E-state index contributed by atoms with van der Waals surface area (Å²) in [6, 6.07) is 0. The second-order valence-corrected chi connectivity index (χ2v) is 3.24. The molecule has 0 N–H and O–H groups in total. The van der Waals surface area contributed by atoms with Crippen LogP contribution in [0, 0.1) is 11.8 Å². The van der Waals surface area contributed by atoms with Crippen LogP contribution in [0.3, 0.4) is 0 Å². The van der Waals surface area contributed by atoms with Crippen LogP contribution in [0.25, 0.3) is 0 Å². The smallest absolute Gasteiger partial charge is 0.0417 e. The molecule has 1 fully saturated rings. The van der Waals surface area contributed by atoms with Gasteiger partial charge in [0.25, 0.3) is 0 Å². The van der Waals surface area contributed by atoms with Gasteiger partial charge in [-0.15, -0.1) is 0 Å². The third kappa shape index (κ3) is 2.38. The van der Waals surface area contributed by atoms with Crippen molar-refractivity contribution in [2.24, 2.45) is 11.8 Å². The summed E-state index contributed by atoms with van der Waals surface area (Å²) in [7, 11) is 0. The minimum absolute atomic E-state index is 0. The van der Waals surface area contributed by atoms with Crippen molar-refractivity contribution >= 4 is 0 Å². The Morgan fingerprint density at radius 3 is 1.44 bits per heavy atom. The fourth-order valence-corrected chi connectivity index (χ4v) is 1.50. The van der Waals surface area contributed by atoms with E-state index in [1.807, 2.05) is 0 Å². The predicted octanol–water partition coefficient (Wildman–Crippen LogP) is 3.47. The summed E-state index contributed by atoms with van der Waals surface area (Å²) in [5.41, 5.74) is 0. The Labute approximate surface area is 59.7 Å². The molecule has 1 aliphatic rings. The van der Waals surface area contributed by atoms with Gasteiger partial charge in [0.05, 0.1) is 0 Å². The Morgan fingerprint density at radius 1 is 0.889 bits per heavy atom. The second kappa shape index (κ2) is 3.92. The van der Waals surface area contributed by atoms with E-state index in [2.05, 4.69) is 13.8 Å². The van der Waals surface area contributed by atoms with Crippen molar-refractivity contribution in [1.82, 2.24) is 0 Å². The molecule has 1 saturated carbocycles. The molecule has 2 atom stereocenters. The summed E-state index contributed by atoms with van der Waals surface area (Å²) >= 11 is 0. The number of hydrogen-bond acceptors (Lipinski definition) is 0. The molecule has 9 heavy (non-hydrogen) atoms. The summed E-state index contributed by atoms with van der Waals surface area (Å²) < 4.78 is 0. The van der Waals surface area contributed by atoms with Crippen molar-refractivity contribution < 1.29 is 0 Å². The zero-order valence-electron chi connectivity index (χ0n) is 5.98. The normalized spacial score (nSPS) is 35.3. The van der Waals surface area contributed by atoms with Crippen LogP contribution in [-0.4, -0.2) is 0 Å². The first kappa shape index (κ1) is 9.00. The highest BCUT2D eigenvalue weighted by atomic mass is 14.2. The summed E-state index contributed by atoms with van der Waals surface area (Å²) in [5.74, 6) is 2.01. The van der Waals surface area contributed by atoms with Crippen LogP contribution in [0.5, 0.6) is 0 Å². The van der Waals surface area contributed by atoms with Crippen LogP contribution in [0.2, 0.25) is 0 Å². The van der Waals surface area contributed by atoms with Crippen molar-refractivity contribution in [1.29, 1.82) is 0 Å². The maximum absolute atomic E-state index is 2.38. The highest BCUT2D eigenvalue weighted by Crippen LogP contribution is 2.28. The molecule has 0 radical (unpaired) electrons. The van der Waals surface area contributed by atoms with Gasteiger partial charge >= 0.3 is 0 Å². The Hall–Kier alpha value is 0. The van der Waals surface area contributed by atoms with E-state index >= 15 is 0 Å². The molecule has 56 valence electrons. The lowest BCUT2D eigenvalue weighted by molar-refractivity contribution is 0.277. The average Bonchev–Trinajstić information content (AvgIpc) is 1.77. The maximum Gasteiger partial charge on any atom is -0.0417 e. The van der Waals surface area contributed by atoms with E-state index in [9.17, 15) is 0 Å².